The molecular formula is C10H14BrN3O. The van der Waals surface area contributed by atoms with Gasteiger partial charge in [-0.25, -0.2) is 9.97 Å². The Labute approximate surface area is 97.8 Å². The molecule has 2 unspecified atom stereocenters. The van der Waals surface area contributed by atoms with Gasteiger partial charge in [-0.05, 0) is 29.3 Å². The maximum absolute atomic E-state index is 5.53. The summed E-state index contributed by atoms with van der Waals surface area (Å²) in [7, 11) is 2.01. The Morgan fingerprint density at radius 2 is 2.13 bits per heavy atom. The summed E-state index contributed by atoms with van der Waals surface area (Å²) >= 11 is 3.32. The second kappa shape index (κ2) is 4.45. The lowest BCUT2D eigenvalue weighted by molar-refractivity contribution is 0.118. The second-order valence-corrected chi connectivity index (χ2v) is 4.66. The summed E-state index contributed by atoms with van der Waals surface area (Å²) < 4.78 is 6.42. The summed E-state index contributed by atoms with van der Waals surface area (Å²) in [6.45, 7) is 2.92. The van der Waals surface area contributed by atoms with E-state index in [0.717, 1.165) is 23.4 Å². The number of hydrogen-bond donors (Lipinski definition) is 0. The van der Waals surface area contributed by atoms with Gasteiger partial charge in [-0.15, -0.1) is 0 Å². The third kappa shape index (κ3) is 2.29. The van der Waals surface area contributed by atoms with E-state index in [-0.39, 0.29) is 6.10 Å². The third-order valence-corrected chi connectivity index (χ3v) is 3.17. The van der Waals surface area contributed by atoms with Crippen molar-refractivity contribution in [2.45, 2.75) is 25.5 Å². The van der Waals surface area contributed by atoms with Gasteiger partial charge < -0.3 is 9.64 Å². The summed E-state index contributed by atoms with van der Waals surface area (Å²) in [5, 5.41) is 0. The van der Waals surface area contributed by atoms with Crippen molar-refractivity contribution in [3.05, 3.63) is 16.9 Å². The van der Waals surface area contributed by atoms with Crippen molar-refractivity contribution in [3.63, 3.8) is 0 Å². The molecule has 1 aliphatic rings. The van der Waals surface area contributed by atoms with Gasteiger partial charge >= 0.3 is 0 Å². The van der Waals surface area contributed by atoms with Gasteiger partial charge in [0.2, 0.25) is 5.95 Å². The van der Waals surface area contributed by atoms with Crippen LogP contribution in [0.3, 0.4) is 0 Å². The lowest BCUT2D eigenvalue weighted by atomic mass is 10.1. The van der Waals surface area contributed by atoms with Gasteiger partial charge in [-0.3, -0.25) is 0 Å². The molecule has 1 aromatic rings. The van der Waals surface area contributed by atoms with E-state index in [0.29, 0.717) is 6.04 Å². The summed E-state index contributed by atoms with van der Waals surface area (Å²) in [6, 6.07) is 0.381. The number of hydrogen-bond acceptors (Lipinski definition) is 4. The van der Waals surface area contributed by atoms with E-state index < -0.39 is 0 Å². The largest absolute Gasteiger partial charge is 0.376 e. The lowest BCUT2D eigenvalue weighted by Crippen LogP contribution is -2.37. The topological polar surface area (TPSA) is 38.2 Å². The molecule has 82 valence electrons. The number of aromatic nitrogens is 2. The first-order valence-electron chi connectivity index (χ1n) is 5.00. The average molecular weight is 272 g/mol. The van der Waals surface area contributed by atoms with Gasteiger partial charge in [0, 0.05) is 26.0 Å². The normalized spacial score (nSPS) is 25.5. The van der Waals surface area contributed by atoms with E-state index in [1.165, 1.54) is 0 Å². The monoisotopic (exact) mass is 271 g/mol. The maximum atomic E-state index is 5.53. The number of nitrogens with zero attached hydrogens (tertiary/aromatic N) is 3. The van der Waals surface area contributed by atoms with Crippen LogP contribution < -0.4 is 4.90 Å². The molecule has 2 rings (SSSR count). The highest BCUT2D eigenvalue weighted by Crippen LogP contribution is 2.21. The molecule has 15 heavy (non-hydrogen) atoms. The minimum absolute atomic E-state index is 0.252. The highest BCUT2D eigenvalue weighted by atomic mass is 79.9. The van der Waals surface area contributed by atoms with E-state index in [1.807, 2.05) is 7.05 Å². The molecule has 0 saturated carbocycles. The molecule has 1 aliphatic heterocycles. The van der Waals surface area contributed by atoms with Crippen LogP contribution in [-0.4, -0.2) is 35.8 Å². The molecule has 4 nitrogen and oxygen atoms in total. The first kappa shape index (κ1) is 10.8. The van der Waals surface area contributed by atoms with Crippen LogP contribution in [0, 0.1) is 0 Å². The first-order valence-corrected chi connectivity index (χ1v) is 5.80. The minimum atomic E-state index is 0.252. The summed E-state index contributed by atoms with van der Waals surface area (Å²) in [4.78, 5) is 10.6. The van der Waals surface area contributed by atoms with Crippen LogP contribution in [-0.2, 0) is 4.74 Å². The molecule has 0 bridgehead atoms. The smallest absolute Gasteiger partial charge is 0.225 e. The third-order valence-electron chi connectivity index (χ3n) is 2.76. The number of anilines is 1. The fourth-order valence-electron chi connectivity index (χ4n) is 1.86. The Morgan fingerprint density at radius 3 is 2.67 bits per heavy atom. The summed E-state index contributed by atoms with van der Waals surface area (Å²) in [5.74, 6) is 0.751. The number of rotatable bonds is 2. The van der Waals surface area contributed by atoms with Crippen molar-refractivity contribution in [2.75, 3.05) is 18.6 Å². The second-order valence-electron chi connectivity index (χ2n) is 3.74. The van der Waals surface area contributed by atoms with E-state index in [9.17, 15) is 0 Å². The van der Waals surface area contributed by atoms with Crippen LogP contribution >= 0.6 is 15.9 Å². The fraction of sp³-hybridized carbons (Fsp3) is 0.600. The SMILES string of the molecule is CC1OCCC1N(C)c1ncc(Br)cn1. The zero-order chi connectivity index (χ0) is 10.8. The Hall–Kier alpha value is -0.680. The predicted octanol–water partition coefficient (Wildman–Crippen LogP) is 1.85. The molecular weight excluding hydrogens is 258 g/mol. The van der Waals surface area contributed by atoms with Crippen molar-refractivity contribution in [1.82, 2.24) is 9.97 Å². The Balaban J connectivity index is 2.13. The van der Waals surface area contributed by atoms with Crippen LogP contribution in [0.15, 0.2) is 16.9 Å². The van der Waals surface area contributed by atoms with Gasteiger partial charge in [0.15, 0.2) is 0 Å². The Bertz CT molecular complexity index is 330. The zero-order valence-electron chi connectivity index (χ0n) is 8.85. The molecule has 5 heteroatoms. The van der Waals surface area contributed by atoms with Crippen LogP contribution in [0.25, 0.3) is 0 Å². The Morgan fingerprint density at radius 1 is 1.47 bits per heavy atom. The molecule has 0 aliphatic carbocycles. The predicted molar refractivity (Wildman–Crippen MR) is 62.0 cm³/mol. The van der Waals surface area contributed by atoms with Gasteiger partial charge in [-0.2, -0.15) is 0 Å². The summed E-state index contributed by atoms with van der Waals surface area (Å²) in [6.07, 6.45) is 4.82. The van der Waals surface area contributed by atoms with Crippen LogP contribution in [0.2, 0.25) is 0 Å². The molecule has 2 heterocycles. The first-order chi connectivity index (χ1) is 7.18. The highest BCUT2D eigenvalue weighted by Gasteiger charge is 2.29. The van der Waals surface area contributed by atoms with Gasteiger partial charge in [0.05, 0.1) is 16.6 Å². The van der Waals surface area contributed by atoms with Crippen molar-refractivity contribution < 1.29 is 4.74 Å². The van der Waals surface area contributed by atoms with Crippen molar-refractivity contribution in [1.29, 1.82) is 0 Å². The molecule has 0 amide bonds. The van der Waals surface area contributed by atoms with E-state index >= 15 is 0 Å². The molecule has 1 fully saturated rings. The van der Waals surface area contributed by atoms with E-state index in [1.54, 1.807) is 12.4 Å². The van der Waals surface area contributed by atoms with Gasteiger partial charge in [-0.1, -0.05) is 0 Å². The number of halogens is 1. The van der Waals surface area contributed by atoms with Crippen LogP contribution in [0.1, 0.15) is 13.3 Å². The van der Waals surface area contributed by atoms with Crippen LogP contribution in [0.5, 0.6) is 0 Å². The van der Waals surface area contributed by atoms with Crippen molar-refractivity contribution >= 4 is 21.9 Å². The minimum Gasteiger partial charge on any atom is -0.376 e. The highest BCUT2D eigenvalue weighted by molar-refractivity contribution is 9.10. The van der Waals surface area contributed by atoms with E-state index in [2.05, 4.69) is 37.7 Å². The lowest BCUT2D eigenvalue weighted by Gasteiger charge is -2.26. The summed E-state index contributed by atoms with van der Waals surface area (Å²) in [5.41, 5.74) is 0. The standard InChI is InChI=1S/C10H14BrN3O/c1-7-9(3-4-15-7)14(2)10-12-5-8(11)6-13-10/h5-7,9H,3-4H2,1-2H3. The quantitative estimate of drug-likeness (QED) is 0.823. The van der Waals surface area contributed by atoms with Crippen molar-refractivity contribution in [2.24, 2.45) is 0 Å². The fourth-order valence-corrected chi connectivity index (χ4v) is 2.07. The van der Waals surface area contributed by atoms with E-state index in [4.69, 9.17) is 4.74 Å². The molecule has 2 atom stereocenters. The molecule has 0 aromatic carbocycles. The molecule has 1 saturated heterocycles. The average Bonchev–Trinajstić information content (AvgIpc) is 2.65. The molecule has 0 spiro atoms. The molecule has 0 N–H and O–H groups in total. The molecule has 0 radical (unpaired) electrons. The maximum Gasteiger partial charge on any atom is 0.225 e. The number of ether oxygens (including phenoxy) is 1. The zero-order valence-corrected chi connectivity index (χ0v) is 10.4. The van der Waals surface area contributed by atoms with Gasteiger partial charge in [0.25, 0.3) is 0 Å². The van der Waals surface area contributed by atoms with Crippen LogP contribution in [0.4, 0.5) is 5.95 Å². The van der Waals surface area contributed by atoms with Crippen molar-refractivity contribution in [3.8, 4) is 0 Å². The van der Waals surface area contributed by atoms with Gasteiger partial charge in [0.1, 0.15) is 0 Å². The Kier molecular flexibility index (Phi) is 3.21. The number of likely N-dealkylation sites (N-methyl/N-ethyl adjacent to an activating group) is 1. The molecule has 1 aromatic heterocycles.